The van der Waals surface area contributed by atoms with Gasteiger partial charge in [-0.2, -0.15) is 0 Å². The summed E-state index contributed by atoms with van der Waals surface area (Å²) in [6.45, 7) is 13.2. The van der Waals surface area contributed by atoms with E-state index in [9.17, 15) is 0 Å². The summed E-state index contributed by atoms with van der Waals surface area (Å²) >= 11 is 0. The van der Waals surface area contributed by atoms with Crippen molar-refractivity contribution in [3.63, 3.8) is 0 Å². The van der Waals surface area contributed by atoms with Crippen molar-refractivity contribution in [1.82, 2.24) is 9.55 Å². The second-order valence-corrected chi connectivity index (χ2v) is 5.54. The average Bonchev–Trinajstić information content (AvgIpc) is 2.27. The lowest BCUT2D eigenvalue weighted by Crippen LogP contribution is -2.29. The summed E-state index contributed by atoms with van der Waals surface area (Å²) in [5.74, 6) is 1.15. The van der Waals surface area contributed by atoms with Crippen molar-refractivity contribution in [2.75, 3.05) is 0 Å². The average molecular weight is 217 g/mol. The molecular weight excluding hydrogens is 196 g/mol. The highest BCUT2D eigenvalue weighted by atomic mass is 35.5. The third-order valence-electron chi connectivity index (χ3n) is 2.03. The van der Waals surface area contributed by atoms with Crippen molar-refractivity contribution < 1.29 is 0 Å². The van der Waals surface area contributed by atoms with Gasteiger partial charge in [0.2, 0.25) is 0 Å². The minimum Gasteiger partial charge on any atom is -0.329 e. The molecule has 0 radical (unpaired) electrons. The Hall–Kier alpha value is -0.500. The van der Waals surface area contributed by atoms with Gasteiger partial charge >= 0.3 is 0 Å². The van der Waals surface area contributed by atoms with Gasteiger partial charge in [0.15, 0.2) is 0 Å². The van der Waals surface area contributed by atoms with Crippen molar-refractivity contribution in [3.8, 4) is 0 Å². The zero-order valence-electron chi connectivity index (χ0n) is 9.96. The van der Waals surface area contributed by atoms with Gasteiger partial charge in [0.25, 0.3) is 0 Å². The Balaban J connectivity index is 0.00000169. The molecule has 0 atom stereocenters. The molecule has 0 spiro atoms. The lowest BCUT2D eigenvalue weighted by molar-refractivity contribution is 0.354. The van der Waals surface area contributed by atoms with Gasteiger partial charge in [0, 0.05) is 23.3 Å². The van der Waals surface area contributed by atoms with Gasteiger partial charge in [-0.3, -0.25) is 0 Å². The predicted molar refractivity (Wildman–Crippen MR) is 63.2 cm³/mol. The van der Waals surface area contributed by atoms with Gasteiger partial charge in [-0.25, -0.2) is 4.98 Å². The number of hydrogen-bond acceptors (Lipinski definition) is 1. The van der Waals surface area contributed by atoms with Crippen LogP contribution in [0.5, 0.6) is 0 Å². The van der Waals surface area contributed by atoms with E-state index in [1.165, 1.54) is 0 Å². The largest absolute Gasteiger partial charge is 0.329 e. The lowest BCUT2D eigenvalue weighted by Gasteiger charge is -2.28. The molecule has 0 saturated carbocycles. The van der Waals surface area contributed by atoms with Crippen LogP contribution >= 0.6 is 12.4 Å². The van der Waals surface area contributed by atoms with Crippen LogP contribution in [0.25, 0.3) is 0 Å². The third kappa shape index (κ3) is 2.74. The highest BCUT2D eigenvalue weighted by Gasteiger charge is 2.24. The summed E-state index contributed by atoms with van der Waals surface area (Å²) in [6.07, 6.45) is 3.94. The monoisotopic (exact) mass is 216 g/mol. The molecule has 1 heterocycles. The van der Waals surface area contributed by atoms with Gasteiger partial charge in [-0.15, -0.1) is 12.4 Å². The Kier molecular flexibility index (Phi) is 3.79. The van der Waals surface area contributed by atoms with Crippen LogP contribution in [0.1, 0.15) is 47.4 Å². The summed E-state index contributed by atoms with van der Waals surface area (Å²) in [5, 5.41) is 0. The molecule has 1 aromatic rings. The normalized spacial score (nSPS) is 12.4. The van der Waals surface area contributed by atoms with Crippen LogP contribution in [0, 0.1) is 0 Å². The van der Waals surface area contributed by atoms with E-state index in [1.807, 2.05) is 6.20 Å². The van der Waals surface area contributed by atoms with Crippen LogP contribution < -0.4 is 0 Å². The van der Waals surface area contributed by atoms with Crippen LogP contribution in [0.15, 0.2) is 12.4 Å². The smallest absolute Gasteiger partial charge is 0.114 e. The van der Waals surface area contributed by atoms with Gasteiger partial charge < -0.3 is 4.57 Å². The molecule has 0 fully saturated rings. The number of nitrogens with zero attached hydrogens (tertiary/aromatic N) is 2. The first-order chi connectivity index (χ1) is 5.73. The Morgan fingerprint density at radius 1 is 1.07 bits per heavy atom. The highest BCUT2D eigenvalue weighted by molar-refractivity contribution is 5.85. The zero-order valence-corrected chi connectivity index (χ0v) is 10.8. The Morgan fingerprint density at radius 2 is 1.57 bits per heavy atom. The van der Waals surface area contributed by atoms with E-state index in [0.717, 1.165) is 5.82 Å². The predicted octanol–water partition coefficient (Wildman–Crippen LogP) is 3.36. The third-order valence-corrected chi connectivity index (χ3v) is 2.03. The quantitative estimate of drug-likeness (QED) is 0.651. The molecule has 1 aromatic heterocycles. The Morgan fingerprint density at radius 3 is 1.86 bits per heavy atom. The molecule has 0 N–H and O–H groups in total. The summed E-state index contributed by atoms with van der Waals surface area (Å²) < 4.78 is 2.24. The first-order valence-electron chi connectivity index (χ1n) is 4.77. The fourth-order valence-corrected chi connectivity index (χ4v) is 1.40. The van der Waals surface area contributed by atoms with Gasteiger partial charge in [-0.1, -0.05) is 20.8 Å². The maximum absolute atomic E-state index is 4.42. The lowest BCUT2D eigenvalue weighted by atomic mass is 9.94. The van der Waals surface area contributed by atoms with E-state index in [0.29, 0.717) is 0 Å². The van der Waals surface area contributed by atoms with E-state index in [-0.39, 0.29) is 23.4 Å². The fraction of sp³-hybridized carbons (Fsp3) is 0.727. The molecule has 3 heteroatoms. The molecule has 82 valence electrons. The minimum absolute atomic E-state index is 0. The molecule has 14 heavy (non-hydrogen) atoms. The van der Waals surface area contributed by atoms with Crippen LogP contribution in [0.4, 0.5) is 0 Å². The van der Waals surface area contributed by atoms with Crippen LogP contribution in [0.3, 0.4) is 0 Å². The summed E-state index contributed by atoms with van der Waals surface area (Å²) in [4.78, 5) is 4.42. The number of aromatic nitrogens is 2. The summed E-state index contributed by atoms with van der Waals surface area (Å²) in [5.41, 5.74) is 0.246. The van der Waals surface area contributed by atoms with Crippen molar-refractivity contribution >= 4 is 12.4 Å². The van der Waals surface area contributed by atoms with Crippen LogP contribution in [0.2, 0.25) is 0 Å². The topological polar surface area (TPSA) is 17.8 Å². The maximum Gasteiger partial charge on any atom is 0.114 e. The molecule has 0 saturated heterocycles. The van der Waals surface area contributed by atoms with Crippen LogP contribution in [-0.2, 0) is 11.0 Å². The molecule has 1 rings (SSSR count). The molecular formula is C11H21ClN2. The Bertz CT molecular complexity index is 260. The van der Waals surface area contributed by atoms with Gasteiger partial charge in [-0.05, 0) is 20.8 Å². The molecule has 0 bridgehead atoms. The second-order valence-electron chi connectivity index (χ2n) is 5.54. The standard InChI is InChI=1S/C11H20N2.ClH/c1-10(2,3)9-12-7-8-13(9)11(4,5)6;/h7-8H,1-6H3;1H. The molecule has 0 unspecified atom stereocenters. The number of imidazole rings is 1. The summed E-state index contributed by atoms with van der Waals surface area (Å²) in [6, 6.07) is 0. The maximum atomic E-state index is 4.42. The molecule has 2 nitrogen and oxygen atoms in total. The van der Waals surface area contributed by atoms with E-state index < -0.39 is 0 Å². The van der Waals surface area contributed by atoms with E-state index in [4.69, 9.17) is 0 Å². The number of halogens is 1. The fourth-order valence-electron chi connectivity index (χ4n) is 1.40. The summed E-state index contributed by atoms with van der Waals surface area (Å²) in [7, 11) is 0. The van der Waals surface area contributed by atoms with E-state index >= 15 is 0 Å². The van der Waals surface area contributed by atoms with Gasteiger partial charge in [0.1, 0.15) is 5.82 Å². The molecule has 0 aliphatic heterocycles. The van der Waals surface area contributed by atoms with Gasteiger partial charge in [0.05, 0.1) is 0 Å². The van der Waals surface area contributed by atoms with E-state index in [2.05, 4.69) is 57.3 Å². The van der Waals surface area contributed by atoms with Crippen molar-refractivity contribution in [2.24, 2.45) is 0 Å². The number of hydrogen-bond donors (Lipinski definition) is 0. The molecule has 0 amide bonds. The molecule has 0 aliphatic rings. The number of rotatable bonds is 0. The molecule has 0 aromatic carbocycles. The zero-order chi connectivity index (χ0) is 10.3. The first-order valence-corrected chi connectivity index (χ1v) is 4.77. The SMILES string of the molecule is CC(C)(C)c1nccn1C(C)(C)C.Cl. The minimum atomic E-state index is 0. The van der Waals surface area contributed by atoms with Crippen LogP contribution in [-0.4, -0.2) is 9.55 Å². The molecule has 0 aliphatic carbocycles. The highest BCUT2D eigenvalue weighted by Crippen LogP contribution is 2.25. The van der Waals surface area contributed by atoms with E-state index in [1.54, 1.807) is 0 Å². The van der Waals surface area contributed by atoms with Crippen molar-refractivity contribution in [1.29, 1.82) is 0 Å². The van der Waals surface area contributed by atoms with Crippen molar-refractivity contribution in [2.45, 2.75) is 52.5 Å². The van der Waals surface area contributed by atoms with Crippen molar-refractivity contribution in [3.05, 3.63) is 18.2 Å². The first kappa shape index (κ1) is 13.5. The Labute approximate surface area is 93.1 Å². The second kappa shape index (κ2) is 3.93.